The predicted octanol–water partition coefficient (Wildman–Crippen LogP) is 4.53. The molecule has 29 heavy (non-hydrogen) atoms. The van der Waals surface area contributed by atoms with E-state index in [4.69, 9.17) is 16.3 Å². The Morgan fingerprint density at radius 2 is 1.90 bits per heavy atom. The van der Waals surface area contributed by atoms with Crippen LogP contribution in [0.2, 0.25) is 5.02 Å². The molecular formula is C22H20ClN3O3. The van der Waals surface area contributed by atoms with Crippen molar-refractivity contribution in [3.63, 3.8) is 0 Å². The Kier molecular flexibility index (Phi) is 4.06. The zero-order chi connectivity index (χ0) is 20.2. The summed E-state index contributed by atoms with van der Waals surface area (Å²) in [6.07, 6.45) is 0.701. The molecular weight excluding hydrogens is 390 g/mol. The van der Waals surface area contributed by atoms with E-state index >= 15 is 0 Å². The van der Waals surface area contributed by atoms with Gasteiger partial charge < -0.3 is 14.2 Å². The van der Waals surface area contributed by atoms with E-state index in [1.807, 2.05) is 65.0 Å². The number of fused-ring (bicyclic) bond motifs is 3. The van der Waals surface area contributed by atoms with E-state index in [9.17, 15) is 9.59 Å². The lowest BCUT2D eigenvalue weighted by Gasteiger charge is -2.44. The van der Waals surface area contributed by atoms with Crippen molar-refractivity contribution >= 4 is 40.2 Å². The van der Waals surface area contributed by atoms with Crippen LogP contribution in [0.15, 0.2) is 48.5 Å². The molecule has 2 aliphatic heterocycles. The van der Waals surface area contributed by atoms with Crippen molar-refractivity contribution in [2.75, 3.05) is 18.4 Å². The lowest BCUT2D eigenvalue weighted by atomic mass is 9.82. The SMILES string of the molecule is Cn1c(C(=O)N2CCC3(CC2)OC(=O)Nc2ccccc23)cc2cc(Cl)ccc21. The van der Waals surface area contributed by atoms with E-state index in [-0.39, 0.29) is 5.91 Å². The maximum absolute atomic E-state index is 13.2. The van der Waals surface area contributed by atoms with Crippen molar-refractivity contribution < 1.29 is 14.3 Å². The van der Waals surface area contributed by atoms with Crippen LogP contribution in [0.5, 0.6) is 0 Å². The van der Waals surface area contributed by atoms with Gasteiger partial charge in [-0.25, -0.2) is 4.79 Å². The van der Waals surface area contributed by atoms with Gasteiger partial charge >= 0.3 is 6.09 Å². The van der Waals surface area contributed by atoms with Crippen LogP contribution in [0, 0.1) is 0 Å². The van der Waals surface area contributed by atoms with E-state index in [1.54, 1.807) is 0 Å². The minimum atomic E-state index is -0.678. The second-order valence-electron chi connectivity index (χ2n) is 7.64. The third kappa shape index (κ3) is 2.86. The van der Waals surface area contributed by atoms with Crippen LogP contribution in [0.25, 0.3) is 10.9 Å². The molecule has 6 nitrogen and oxygen atoms in total. The number of nitrogens with zero attached hydrogens (tertiary/aromatic N) is 2. The van der Waals surface area contributed by atoms with Crippen LogP contribution in [0.1, 0.15) is 28.9 Å². The highest BCUT2D eigenvalue weighted by Gasteiger charge is 2.45. The zero-order valence-electron chi connectivity index (χ0n) is 15.9. The van der Waals surface area contributed by atoms with Crippen molar-refractivity contribution in [3.05, 3.63) is 64.8 Å². The fourth-order valence-electron chi connectivity index (χ4n) is 4.49. The number of amides is 2. The molecule has 2 amide bonds. The number of ether oxygens (including phenoxy) is 1. The van der Waals surface area contributed by atoms with Gasteiger partial charge in [0.05, 0.1) is 5.69 Å². The van der Waals surface area contributed by atoms with E-state index in [0.29, 0.717) is 36.6 Å². The van der Waals surface area contributed by atoms with E-state index in [2.05, 4.69) is 5.32 Å². The molecule has 5 rings (SSSR count). The standard InChI is InChI=1S/C22H20ClN3O3/c1-25-18-7-6-15(23)12-14(18)13-19(25)20(27)26-10-8-22(9-11-26)16-4-2-3-5-17(16)24-21(28)29-22/h2-7,12-13H,8-11H2,1H3,(H,24,28). The van der Waals surface area contributed by atoms with E-state index in [1.165, 1.54) is 0 Å². The topological polar surface area (TPSA) is 63.6 Å². The summed E-state index contributed by atoms with van der Waals surface area (Å²) < 4.78 is 7.65. The van der Waals surface area contributed by atoms with Gasteiger partial charge in [-0.3, -0.25) is 10.1 Å². The molecule has 1 spiro atoms. The smallest absolute Gasteiger partial charge is 0.412 e. The summed E-state index contributed by atoms with van der Waals surface area (Å²) in [5, 5.41) is 4.35. The Labute approximate surface area is 173 Å². The molecule has 3 aromatic rings. The maximum Gasteiger partial charge on any atom is 0.412 e. The first kappa shape index (κ1) is 18.1. The highest BCUT2D eigenvalue weighted by molar-refractivity contribution is 6.31. The Balaban J connectivity index is 1.41. The Morgan fingerprint density at radius 3 is 2.69 bits per heavy atom. The number of piperidine rings is 1. The Hall–Kier alpha value is -2.99. The molecule has 3 heterocycles. The number of benzene rings is 2. The van der Waals surface area contributed by atoms with Gasteiger partial charge in [-0.2, -0.15) is 0 Å². The second-order valence-corrected chi connectivity index (χ2v) is 8.07. The number of hydrogen-bond donors (Lipinski definition) is 1. The van der Waals surface area contributed by atoms with Crippen molar-refractivity contribution in [1.82, 2.24) is 9.47 Å². The molecule has 2 aliphatic rings. The summed E-state index contributed by atoms with van der Waals surface area (Å²) in [6.45, 7) is 1.03. The second kappa shape index (κ2) is 6.52. The van der Waals surface area contributed by atoms with Gasteiger partial charge in [0.15, 0.2) is 0 Å². The van der Waals surface area contributed by atoms with Crippen molar-refractivity contribution in [1.29, 1.82) is 0 Å². The Morgan fingerprint density at radius 1 is 1.14 bits per heavy atom. The summed E-state index contributed by atoms with van der Waals surface area (Å²) in [6, 6.07) is 15.2. The molecule has 7 heteroatoms. The number of para-hydroxylation sites is 1. The quantitative estimate of drug-likeness (QED) is 0.642. The molecule has 0 aliphatic carbocycles. The van der Waals surface area contributed by atoms with Crippen molar-refractivity contribution in [2.24, 2.45) is 7.05 Å². The van der Waals surface area contributed by atoms with Crippen LogP contribution in [-0.4, -0.2) is 34.6 Å². The van der Waals surface area contributed by atoms with Crippen LogP contribution < -0.4 is 5.32 Å². The number of aryl methyl sites for hydroxylation is 1. The first-order valence-electron chi connectivity index (χ1n) is 9.61. The molecule has 1 saturated heterocycles. The fourth-order valence-corrected chi connectivity index (χ4v) is 4.67. The minimum Gasteiger partial charge on any atom is -0.438 e. The van der Waals surface area contributed by atoms with Crippen LogP contribution >= 0.6 is 11.6 Å². The number of carbonyl (C=O) groups excluding carboxylic acids is 2. The zero-order valence-corrected chi connectivity index (χ0v) is 16.7. The molecule has 2 aromatic carbocycles. The van der Waals surface area contributed by atoms with Crippen LogP contribution in [0.4, 0.5) is 10.5 Å². The molecule has 0 atom stereocenters. The minimum absolute atomic E-state index is 0.0248. The molecule has 1 aromatic heterocycles. The van der Waals surface area contributed by atoms with Gasteiger partial charge in [-0.05, 0) is 30.3 Å². The highest BCUT2D eigenvalue weighted by atomic mass is 35.5. The normalized spacial score (nSPS) is 17.7. The van der Waals surface area contributed by atoms with Crippen molar-refractivity contribution in [2.45, 2.75) is 18.4 Å². The molecule has 1 N–H and O–H groups in total. The number of anilines is 1. The van der Waals surface area contributed by atoms with Gasteiger partial charge in [-0.15, -0.1) is 0 Å². The third-order valence-corrected chi connectivity index (χ3v) is 6.26. The molecule has 0 bridgehead atoms. The number of hydrogen-bond acceptors (Lipinski definition) is 3. The van der Waals surface area contributed by atoms with Gasteiger partial charge in [0.2, 0.25) is 0 Å². The maximum atomic E-state index is 13.2. The third-order valence-electron chi connectivity index (χ3n) is 6.02. The first-order valence-corrected chi connectivity index (χ1v) is 9.98. The highest BCUT2D eigenvalue weighted by Crippen LogP contribution is 2.43. The van der Waals surface area contributed by atoms with Gasteiger partial charge in [0, 0.05) is 54.5 Å². The average Bonchev–Trinajstić information content (AvgIpc) is 3.03. The molecule has 0 radical (unpaired) electrons. The largest absolute Gasteiger partial charge is 0.438 e. The van der Waals surface area contributed by atoms with Crippen LogP contribution in [-0.2, 0) is 17.4 Å². The summed E-state index contributed by atoms with van der Waals surface area (Å²) in [7, 11) is 1.89. The molecule has 1 fully saturated rings. The average molecular weight is 410 g/mol. The number of rotatable bonds is 1. The number of nitrogens with one attached hydrogen (secondary N) is 1. The van der Waals surface area contributed by atoms with Gasteiger partial charge in [0.25, 0.3) is 5.91 Å². The number of likely N-dealkylation sites (tertiary alicyclic amines) is 1. The summed E-state index contributed by atoms with van der Waals surface area (Å²) >= 11 is 6.09. The molecule has 148 valence electrons. The van der Waals surface area contributed by atoms with Crippen LogP contribution in [0.3, 0.4) is 0 Å². The monoisotopic (exact) mass is 409 g/mol. The Bertz CT molecular complexity index is 1150. The van der Waals surface area contributed by atoms with Gasteiger partial charge in [0.1, 0.15) is 11.3 Å². The number of carbonyl (C=O) groups is 2. The molecule has 0 saturated carbocycles. The molecule has 0 unspecified atom stereocenters. The van der Waals surface area contributed by atoms with Gasteiger partial charge in [-0.1, -0.05) is 29.8 Å². The van der Waals surface area contributed by atoms with E-state index in [0.717, 1.165) is 22.2 Å². The first-order chi connectivity index (χ1) is 14.0. The number of halogens is 1. The number of aromatic nitrogens is 1. The summed E-state index contributed by atoms with van der Waals surface area (Å²) in [5.74, 6) is -0.0248. The fraction of sp³-hybridized carbons (Fsp3) is 0.273. The predicted molar refractivity (Wildman–Crippen MR) is 111 cm³/mol. The lowest BCUT2D eigenvalue weighted by Crippen LogP contribution is -2.50. The summed E-state index contributed by atoms with van der Waals surface area (Å²) in [4.78, 5) is 27.1. The van der Waals surface area contributed by atoms with Crippen molar-refractivity contribution in [3.8, 4) is 0 Å². The summed E-state index contributed by atoms with van der Waals surface area (Å²) in [5.41, 5.74) is 2.68. The van der Waals surface area contributed by atoms with E-state index < -0.39 is 11.7 Å². The lowest BCUT2D eigenvalue weighted by molar-refractivity contribution is -0.0333.